The first-order chi connectivity index (χ1) is 17.2. The van der Waals surface area contributed by atoms with Gasteiger partial charge in [-0.05, 0) is 52.3 Å². The van der Waals surface area contributed by atoms with Gasteiger partial charge in [0.15, 0.2) is 5.65 Å². The minimum Gasteiger partial charge on any atom is -0.444 e. The number of benzene rings is 1. The minimum atomic E-state index is -0.532. The van der Waals surface area contributed by atoms with Crippen LogP contribution in [0.3, 0.4) is 0 Å². The molecule has 2 unspecified atom stereocenters. The van der Waals surface area contributed by atoms with Crippen molar-refractivity contribution < 1.29 is 9.53 Å². The molecule has 3 aromatic heterocycles. The highest BCUT2D eigenvalue weighted by Crippen LogP contribution is 2.38. The third kappa shape index (κ3) is 4.51. The minimum absolute atomic E-state index is 0.0391. The van der Waals surface area contributed by atoms with Gasteiger partial charge in [0, 0.05) is 43.1 Å². The molecule has 8 nitrogen and oxygen atoms in total. The molecular weight excluding hydrogens is 452 g/mol. The summed E-state index contributed by atoms with van der Waals surface area (Å²) in [5.41, 5.74) is 3.37. The average molecular weight is 485 g/mol. The Morgan fingerprint density at radius 1 is 1.00 bits per heavy atom. The van der Waals surface area contributed by atoms with Gasteiger partial charge in [-0.15, -0.1) is 0 Å². The number of amides is 1. The predicted molar refractivity (Wildman–Crippen MR) is 141 cm³/mol. The third-order valence-corrected chi connectivity index (χ3v) is 6.46. The standard InChI is InChI=1S/C28H32N6O2/c1-19-16-33(27(35)36-28(3,4)5)20(2)15-32(19)25-24-23(21-10-7-6-8-11-21)17-34(26(24)31-18-30-25)22-12-9-13-29-14-22/h6-14,17-20H,15-16H2,1-5H3. The van der Waals surface area contributed by atoms with Crippen LogP contribution in [0.4, 0.5) is 10.6 Å². The molecule has 0 saturated carbocycles. The second-order valence-corrected chi connectivity index (χ2v) is 10.4. The van der Waals surface area contributed by atoms with Gasteiger partial charge in [0.25, 0.3) is 0 Å². The van der Waals surface area contributed by atoms with E-state index in [-0.39, 0.29) is 18.2 Å². The Morgan fingerprint density at radius 3 is 2.47 bits per heavy atom. The summed E-state index contributed by atoms with van der Waals surface area (Å²) in [4.78, 5) is 30.8. The molecule has 186 valence electrons. The summed E-state index contributed by atoms with van der Waals surface area (Å²) in [7, 11) is 0. The van der Waals surface area contributed by atoms with Gasteiger partial charge in [0.2, 0.25) is 0 Å². The molecular formula is C28H32N6O2. The van der Waals surface area contributed by atoms with Gasteiger partial charge < -0.3 is 14.5 Å². The maximum atomic E-state index is 12.9. The maximum absolute atomic E-state index is 12.9. The van der Waals surface area contributed by atoms with Gasteiger partial charge in [-0.1, -0.05) is 30.3 Å². The number of pyridine rings is 1. The number of ether oxygens (including phenoxy) is 1. The second-order valence-electron chi connectivity index (χ2n) is 10.4. The number of rotatable bonds is 3. The van der Waals surface area contributed by atoms with Crippen LogP contribution < -0.4 is 4.90 Å². The molecule has 1 saturated heterocycles. The number of hydrogen-bond acceptors (Lipinski definition) is 6. The first-order valence-corrected chi connectivity index (χ1v) is 12.3. The molecule has 4 heterocycles. The number of nitrogens with zero attached hydrogens (tertiary/aromatic N) is 6. The maximum Gasteiger partial charge on any atom is 0.410 e. The van der Waals surface area contributed by atoms with Crippen molar-refractivity contribution in [2.45, 2.75) is 52.3 Å². The van der Waals surface area contributed by atoms with Crippen LogP contribution in [0.2, 0.25) is 0 Å². The number of anilines is 1. The first-order valence-electron chi connectivity index (χ1n) is 12.3. The number of piperazine rings is 1. The zero-order valence-electron chi connectivity index (χ0n) is 21.4. The normalized spacial score (nSPS) is 18.5. The van der Waals surface area contributed by atoms with Crippen LogP contribution in [0.15, 0.2) is 67.4 Å². The summed E-state index contributed by atoms with van der Waals surface area (Å²) >= 11 is 0. The quantitative estimate of drug-likeness (QED) is 0.392. The van der Waals surface area contributed by atoms with Crippen molar-refractivity contribution >= 4 is 22.9 Å². The fraction of sp³-hybridized carbons (Fsp3) is 0.357. The average Bonchev–Trinajstić information content (AvgIpc) is 3.25. The van der Waals surface area contributed by atoms with Gasteiger partial charge >= 0.3 is 6.09 Å². The van der Waals surface area contributed by atoms with Crippen LogP contribution in [0.25, 0.3) is 27.8 Å². The predicted octanol–water partition coefficient (Wildman–Crippen LogP) is 5.32. The van der Waals surface area contributed by atoms with Crippen molar-refractivity contribution in [1.82, 2.24) is 24.4 Å². The van der Waals surface area contributed by atoms with E-state index in [1.54, 1.807) is 12.5 Å². The molecule has 36 heavy (non-hydrogen) atoms. The zero-order valence-corrected chi connectivity index (χ0v) is 21.4. The van der Waals surface area contributed by atoms with E-state index in [1.165, 1.54) is 0 Å². The number of fused-ring (bicyclic) bond motifs is 1. The molecule has 1 aliphatic rings. The van der Waals surface area contributed by atoms with Gasteiger partial charge in [-0.2, -0.15) is 0 Å². The van der Waals surface area contributed by atoms with Crippen LogP contribution in [0.5, 0.6) is 0 Å². The highest BCUT2D eigenvalue weighted by molar-refractivity contribution is 6.02. The molecule has 8 heteroatoms. The topological polar surface area (TPSA) is 76.4 Å². The van der Waals surface area contributed by atoms with E-state index in [2.05, 4.69) is 46.6 Å². The Kier molecular flexibility index (Phi) is 6.12. The summed E-state index contributed by atoms with van der Waals surface area (Å²) < 4.78 is 7.74. The Morgan fingerprint density at radius 2 is 1.78 bits per heavy atom. The molecule has 1 aliphatic heterocycles. The van der Waals surface area contributed by atoms with Crippen molar-refractivity contribution in [3.05, 3.63) is 67.4 Å². The van der Waals surface area contributed by atoms with Crippen LogP contribution >= 0.6 is 0 Å². The van der Waals surface area contributed by atoms with E-state index in [1.807, 2.05) is 62.2 Å². The smallest absolute Gasteiger partial charge is 0.410 e. The van der Waals surface area contributed by atoms with Gasteiger partial charge in [-0.25, -0.2) is 14.8 Å². The van der Waals surface area contributed by atoms with Crippen LogP contribution in [-0.2, 0) is 4.74 Å². The van der Waals surface area contributed by atoms with E-state index >= 15 is 0 Å². The Hall–Kier alpha value is -3.94. The number of aromatic nitrogens is 4. The van der Waals surface area contributed by atoms with Crippen molar-refractivity contribution in [1.29, 1.82) is 0 Å². The summed E-state index contributed by atoms with van der Waals surface area (Å²) in [6.45, 7) is 11.0. The highest BCUT2D eigenvalue weighted by Gasteiger charge is 2.36. The Balaban J connectivity index is 1.59. The second kappa shape index (κ2) is 9.26. The lowest BCUT2D eigenvalue weighted by Crippen LogP contribution is -2.59. The molecule has 0 N–H and O–H groups in total. The van der Waals surface area contributed by atoms with Crippen molar-refractivity contribution in [2.75, 3.05) is 18.0 Å². The molecule has 5 rings (SSSR count). The number of hydrogen-bond donors (Lipinski definition) is 0. The lowest BCUT2D eigenvalue weighted by molar-refractivity contribution is 0.0130. The summed E-state index contributed by atoms with van der Waals surface area (Å²) in [6.07, 6.45) is 7.06. The molecule has 0 bridgehead atoms. The van der Waals surface area contributed by atoms with E-state index in [4.69, 9.17) is 14.7 Å². The molecule has 0 spiro atoms. The number of carbonyl (C=O) groups excluding carboxylic acids is 1. The van der Waals surface area contributed by atoms with E-state index < -0.39 is 5.60 Å². The SMILES string of the molecule is CC1CN(c2ncnc3c2c(-c2ccccc2)cn3-c2cccnc2)C(C)CN1C(=O)OC(C)(C)C. The molecule has 2 atom stereocenters. The van der Waals surface area contributed by atoms with Gasteiger partial charge in [0.05, 0.1) is 17.3 Å². The van der Waals surface area contributed by atoms with E-state index in [0.717, 1.165) is 33.7 Å². The monoisotopic (exact) mass is 484 g/mol. The van der Waals surface area contributed by atoms with Crippen molar-refractivity contribution in [3.8, 4) is 16.8 Å². The lowest BCUT2D eigenvalue weighted by atomic mass is 10.0. The van der Waals surface area contributed by atoms with E-state index in [0.29, 0.717) is 13.1 Å². The fourth-order valence-corrected chi connectivity index (χ4v) is 4.79. The first kappa shape index (κ1) is 23.8. The van der Waals surface area contributed by atoms with Crippen molar-refractivity contribution in [3.63, 3.8) is 0 Å². The summed E-state index contributed by atoms with van der Waals surface area (Å²) in [6, 6.07) is 14.2. The lowest BCUT2D eigenvalue weighted by Gasteiger charge is -2.44. The third-order valence-electron chi connectivity index (χ3n) is 6.46. The summed E-state index contributed by atoms with van der Waals surface area (Å²) in [5, 5.41) is 0.984. The van der Waals surface area contributed by atoms with Gasteiger partial charge in [0.1, 0.15) is 17.7 Å². The van der Waals surface area contributed by atoms with Crippen LogP contribution in [0.1, 0.15) is 34.6 Å². The largest absolute Gasteiger partial charge is 0.444 e. The zero-order chi connectivity index (χ0) is 25.4. The van der Waals surface area contributed by atoms with Crippen molar-refractivity contribution in [2.24, 2.45) is 0 Å². The van der Waals surface area contributed by atoms with E-state index in [9.17, 15) is 4.79 Å². The molecule has 0 radical (unpaired) electrons. The van der Waals surface area contributed by atoms with Crippen LogP contribution in [-0.4, -0.2) is 61.3 Å². The highest BCUT2D eigenvalue weighted by atomic mass is 16.6. The molecule has 0 aliphatic carbocycles. The fourth-order valence-electron chi connectivity index (χ4n) is 4.79. The molecule has 4 aromatic rings. The number of carbonyl (C=O) groups is 1. The Labute approximate surface area is 211 Å². The van der Waals surface area contributed by atoms with Gasteiger partial charge in [-0.3, -0.25) is 9.55 Å². The van der Waals surface area contributed by atoms with Crippen LogP contribution in [0, 0.1) is 0 Å². The summed E-state index contributed by atoms with van der Waals surface area (Å²) in [5.74, 6) is 0.865. The molecule has 1 fully saturated rings. The Bertz CT molecular complexity index is 1360. The molecule has 1 aromatic carbocycles. The molecule has 1 amide bonds.